The highest BCUT2D eigenvalue weighted by atomic mass is 16.5. The van der Waals surface area contributed by atoms with E-state index in [0.29, 0.717) is 31.2 Å². The molecule has 1 aromatic heterocycles. The minimum Gasteiger partial charge on any atom is -0.488 e. The van der Waals surface area contributed by atoms with E-state index < -0.39 is 0 Å². The van der Waals surface area contributed by atoms with E-state index in [9.17, 15) is 4.79 Å². The average Bonchev–Trinajstić information content (AvgIpc) is 3.37. The van der Waals surface area contributed by atoms with Crippen LogP contribution in [0.3, 0.4) is 0 Å². The number of aromatic nitrogens is 1. The Morgan fingerprint density at radius 1 is 0.886 bits per heavy atom. The van der Waals surface area contributed by atoms with Gasteiger partial charge in [0.15, 0.2) is 0 Å². The highest BCUT2D eigenvalue weighted by Crippen LogP contribution is 2.39. The molecule has 1 amide bonds. The van der Waals surface area contributed by atoms with Gasteiger partial charge in [-0.2, -0.15) is 0 Å². The number of ether oxygens (including phenoxy) is 2. The van der Waals surface area contributed by atoms with Gasteiger partial charge < -0.3 is 19.3 Å². The molecule has 4 aromatic rings. The van der Waals surface area contributed by atoms with Crippen LogP contribution in [0.5, 0.6) is 11.5 Å². The highest BCUT2D eigenvalue weighted by molar-refractivity contribution is 5.92. The molecule has 4 rings (SSSR count). The summed E-state index contributed by atoms with van der Waals surface area (Å²) in [4.78, 5) is 12.2. The number of hydrogen-bond donors (Lipinski definition) is 1. The first-order valence-electron chi connectivity index (χ1n) is 11.8. The average molecular weight is 471 g/mol. The lowest BCUT2D eigenvalue weighted by Crippen LogP contribution is -2.21. The third kappa shape index (κ3) is 6.09. The fourth-order valence-corrected chi connectivity index (χ4v) is 3.70. The monoisotopic (exact) mass is 470 g/mol. The Balaban J connectivity index is 1.71. The third-order valence-electron chi connectivity index (χ3n) is 5.56. The summed E-state index contributed by atoms with van der Waals surface area (Å²) in [6.07, 6.45) is 0. The van der Waals surface area contributed by atoms with Crippen molar-refractivity contribution in [1.29, 1.82) is 0 Å². The second-order valence-corrected chi connectivity index (χ2v) is 8.53. The van der Waals surface area contributed by atoms with Crippen molar-refractivity contribution in [2.24, 2.45) is 0 Å². The van der Waals surface area contributed by atoms with Crippen molar-refractivity contribution in [3.05, 3.63) is 101 Å². The number of nitrogens with one attached hydrogen (secondary N) is 1. The molecule has 0 saturated heterocycles. The maximum Gasteiger partial charge on any atom is 0.289 e. The zero-order valence-electron chi connectivity index (χ0n) is 20.3. The predicted molar refractivity (Wildman–Crippen MR) is 136 cm³/mol. The van der Waals surface area contributed by atoms with Gasteiger partial charge >= 0.3 is 0 Å². The van der Waals surface area contributed by atoms with Gasteiger partial charge in [-0.05, 0) is 35.6 Å². The van der Waals surface area contributed by atoms with Gasteiger partial charge in [-0.15, -0.1) is 0 Å². The summed E-state index contributed by atoms with van der Waals surface area (Å²) < 4.78 is 17.9. The Labute approximate surface area is 205 Å². The van der Waals surface area contributed by atoms with Crippen LogP contribution in [0.4, 0.5) is 0 Å². The first-order chi connectivity index (χ1) is 17.0. The Bertz CT molecular complexity index is 1250. The molecule has 0 bridgehead atoms. The second kappa shape index (κ2) is 11.4. The van der Waals surface area contributed by atoms with Gasteiger partial charge in [0.1, 0.15) is 30.4 Å². The van der Waals surface area contributed by atoms with E-state index in [0.717, 1.165) is 28.0 Å². The van der Waals surface area contributed by atoms with Gasteiger partial charge in [-0.1, -0.05) is 79.7 Å². The van der Waals surface area contributed by atoms with Crippen LogP contribution in [-0.4, -0.2) is 17.6 Å². The quantitative estimate of drug-likeness (QED) is 0.291. The molecule has 0 spiro atoms. The smallest absolute Gasteiger partial charge is 0.289 e. The van der Waals surface area contributed by atoms with E-state index >= 15 is 0 Å². The van der Waals surface area contributed by atoms with Crippen molar-refractivity contribution in [3.63, 3.8) is 0 Å². The summed E-state index contributed by atoms with van der Waals surface area (Å²) >= 11 is 0. The number of rotatable bonds is 10. The standard InChI is InChI=1S/C29H30N2O4/c1-4-30-29(32)28-16-25(31-35-28)24-15-23(20(2)3)26(33-18-21-11-7-5-8-12-21)17-27(24)34-19-22-13-9-6-10-14-22/h5-17,20H,4,18-19H2,1-3H3,(H,30,32). The van der Waals surface area contributed by atoms with E-state index in [1.807, 2.05) is 79.7 Å². The van der Waals surface area contributed by atoms with E-state index in [2.05, 4.69) is 24.3 Å². The van der Waals surface area contributed by atoms with Crippen LogP contribution in [0, 0.1) is 0 Å². The summed E-state index contributed by atoms with van der Waals surface area (Å²) in [6, 6.07) is 25.6. The molecule has 0 aliphatic heterocycles. The molecule has 0 aliphatic carbocycles. The Morgan fingerprint density at radius 3 is 2.06 bits per heavy atom. The molecule has 0 atom stereocenters. The van der Waals surface area contributed by atoms with Gasteiger partial charge in [0.25, 0.3) is 5.91 Å². The molecule has 180 valence electrons. The van der Waals surface area contributed by atoms with Crippen molar-refractivity contribution in [2.45, 2.75) is 39.9 Å². The molecule has 0 unspecified atom stereocenters. The number of hydrogen-bond acceptors (Lipinski definition) is 5. The summed E-state index contributed by atoms with van der Waals surface area (Å²) in [6.45, 7) is 7.42. The summed E-state index contributed by atoms with van der Waals surface area (Å²) in [7, 11) is 0. The first-order valence-corrected chi connectivity index (χ1v) is 11.8. The molecular formula is C29H30N2O4. The molecule has 0 fully saturated rings. The van der Waals surface area contributed by atoms with Gasteiger partial charge in [0.05, 0.1) is 0 Å². The summed E-state index contributed by atoms with van der Waals surface area (Å²) in [5, 5.41) is 6.91. The number of nitrogens with zero attached hydrogens (tertiary/aromatic N) is 1. The van der Waals surface area contributed by atoms with E-state index in [4.69, 9.17) is 14.0 Å². The van der Waals surface area contributed by atoms with Crippen molar-refractivity contribution >= 4 is 5.91 Å². The molecule has 6 heteroatoms. The van der Waals surface area contributed by atoms with Crippen molar-refractivity contribution in [3.8, 4) is 22.8 Å². The van der Waals surface area contributed by atoms with Crippen LogP contribution in [0.2, 0.25) is 0 Å². The fraction of sp³-hybridized carbons (Fsp3) is 0.241. The van der Waals surface area contributed by atoms with Gasteiger partial charge in [0, 0.05) is 24.2 Å². The van der Waals surface area contributed by atoms with E-state index in [1.165, 1.54) is 0 Å². The normalized spacial score (nSPS) is 10.9. The lowest BCUT2D eigenvalue weighted by Gasteiger charge is -2.19. The molecule has 0 aliphatic rings. The zero-order chi connectivity index (χ0) is 24.6. The van der Waals surface area contributed by atoms with Gasteiger partial charge in [0.2, 0.25) is 5.76 Å². The van der Waals surface area contributed by atoms with E-state index in [1.54, 1.807) is 6.07 Å². The van der Waals surface area contributed by atoms with Crippen LogP contribution in [-0.2, 0) is 13.2 Å². The van der Waals surface area contributed by atoms with Crippen molar-refractivity contribution < 1.29 is 18.8 Å². The number of carbonyl (C=O) groups excluding carboxylic acids is 1. The zero-order valence-corrected chi connectivity index (χ0v) is 20.3. The van der Waals surface area contributed by atoms with Crippen molar-refractivity contribution in [1.82, 2.24) is 10.5 Å². The maximum atomic E-state index is 12.2. The molecule has 6 nitrogen and oxygen atoms in total. The number of benzene rings is 3. The lowest BCUT2D eigenvalue weighted by atomic mass is 9.97. The number of amides is 1. The van der Waals surface area contributed by atoms with Crippen LogP contribution in [0.25, 0.3) is 11.3 Å². The predicted octanol–water partition coefficient (Wildman–Crippen LogP) is 6.37. The van der Waals surface area contributed by atoms with Crippen LogP contribution < -0.4 is 14.8 Å². The molecule has 0 saturated carbocycles. The minimum atomic E-state index is -0.301. The third-order valence-corrected chi connectivity index (χ3v) is 5.56. The minimum absolute atomic E-state index is 0.159. The Morgan fingerprint density at radius 2 is 1.49 bits per heavy atom. The molecule has 0 radical (unpaired) electrons. The second-order valence-electron chi connectivity index (χ2n) is 8.53. The maximum absolute atomic E-state index is 12.2. The van der Waals surface area contributed by atoms with Crippen LogP contribution in [0.15, 0.2) is 83.4 Å². The molecule has 35 heavy (non-hydrogen) atoms. The van der Waals surface area contributed by atoms with Crippen LogP contribution >= 0.6 is 0 Å². The molecule has 3 aromatic carbocycles. The molecule has 1 N–H and O–H groups in total. The number of carbonyl (C=O) groups is 1. The SMILES string of the molecule is CCNC(=O)c1cc(-c2cc(C(C)C)c(OCc3ccccc3)cc2OCc2ccccc2)no1. The summed E-state index contributed by atoms with van der Waals surface area (Å²) in [5.41, 5.74) is 4.43. The first kappa shape index (κ1) is 24.1. The van der Waals surface area contributed by atoms with Gasteiger partial charge in [-0.3, -0.25) is 4.79 Å². The Hall–Kier alpha value is -4.06. The fourth-order valence-electron chi connectivity index (χ4n) is 3.70. The Kier molecular flexibility index (Phi) is 7.83. The van der Waals surface area contributed by atoms with Crippen molar-refractivity contribution in [2.75, 3.05) is 6.54 Å². The highest BCUT2D eigenvalue weighted by Gasteiger charge is 2.21. The molecule has 1 heterocycles. The lowest BCUT2D eigenvalue weighted by molar-refractivity contribution is 0.0919. The van der Waals surface area contributed by atoms with Gasteiger partial charge in [-0.25, -0.2) is 0 Å². The van der Waals surface area contributed by atoms with Crippen LogP contribution in [0.1, 0.15) is 53.9 Å². The summed E-state index contributed by atoms with van der Waals surface area (Å²) in [5.74, 6) is 1.41. The molecular weight excluding hydrogens is 440 g/mol. The largest absolute Gasteiger partial charge is 0.488 e. The van der Waals surface area contributed by atoms with E-state index in [-0.39, 0.29) is 17.6 Å². The topological polar surface area (TPSA) is 73.6 Å².